The molecule has 3 nitrogen and oxygen atoms in total. The number of benzene rings is 1. The van der Waals surface area contributed by atoms with Crippen molar-refractivity contribution in [2.75, 3.05) is 0 Å². The number of nitrogens with one attached hydrogen (secondary N) is 1. The molecule has 1 heterocycles. The van der Waals surface area contributed by atoms with Crippen LogP contribution in [-0.2, 0) is 6.42 Å². The normalized spacial score (nSPS) is 10.8. The summed E-state index contributed by atoms with van der Waals surface area (Å²) in [5, 5.41) is 0. The van der Waals surface area contributed by atoms with Crippen LogP contribution >= 0.6 is 15.9 Å². The molecule has 0 aliphatic heterocycles. The zero-order valence-electron chi connectivity index (χ0n) is 10.4. The topological polar surface area (TPSA) is 45.8 Å². The SMILES string of the molecule is CCc1nc(-c2ccc(F)c(F)c2Br)[nH]c(=O)c1C. The fourth-order valence-electron chi connectivity index (χ4n) is 1.76. The molecule has 0 spiro atoms. The van der Waals surface area contributed by atoms with Gasteiger partial charge in [0.2, 0.25) is 0 Å². The molecule has 0 aliphatic carbocycles. The molecule has 100 valence electrons. The van der Waals surface area contributed by atoms with E-state index in [0.29, 0.717) is 23.2 Å². The Morgan fingerprint density at radius 3 is 2.68 bits per heavy atom. The Hall–Kier alpha value is -1.56. The Kier molecular flexibility index (Phi) is 3.80. The van der Waals surface area contributed by atoms with Gasteiger partial charge in [0.25, 0.3) is 5.56 Å². The van der Waals surface area contributed by atoms with Crippen LogP contribution in [0.1, 0.15) is 18.2 Å². The van der Waals surface area contributed by atoms with Gasteiger partial charge in [-0.15, -0.1) is 0 Å². The van der Waals surface area contributed by atoms with Crippen molar-refractivity contribution >= 4 is 15.9 Å². The van der Waals surface area contributed by atoms with E-state index in [9.17, 15) is 13.6 Å². The van der Waals surface area contributed by atoms with Crippen LogP contribution < -0.4 is 5.56 Å². The molecule has 0 aliphatic rings. The van der Waals surface area contributed by atoms with Crippen LogP contribution in [0.4, 0.5) is 8.78 Å². The van der Waals surface area contributed by atoms with E-state index in [0.717, 1.165) is 6.07 Å². The molecule has 0 saturated carbocycles. The van der Waals surface area contributed by atoms with Crippen molar-refractivity contribution in [3.63, 3.8) is 0 Å². The molecule has 6 heteroatoms. The van der Waals surface area contributed by atoms with Crippen LogP contribution in [0, 0.1) is 18.6 Å². The third kappa shape index (κ3) is 2.45. The van der Waals surface area contributed by atoms with Crippen LogP contribution in [-0.4, -0.2) is 9.97 Å². The number of aromatic amines is 1. The summed E-state index contributed by atoms with van der Waals surface area (Å²) < 4.78 is 26.5. The molecule has 2 rings (SSSR count). The van der Waals surface area contributed by atoms with Gasteiger partial charge < -0.3 is 4.98 Å². The summed E-state index contributed by atoms with van der Waals surface area (Å²) in [4.78, 5) is 18.6. The standard InChI is InChI=1S/C13H11BrF2N2O/c1-3-9-6(2)13(19)18-12(17-9)7-4-5-8(15)11(16)10(7)14/h4-5H,3H2,1-2H3,(H,17,18,19). The van der Waals surface area contributed by atoms with Gasteiger partial charge in [0.1, 0.15) is 5.82 Å². The van der Waals surface area contributed by atoms with Crippen molar-refractivity contribution in [2.24, 2.45) is 0 Å². The van der Waals surface area contributed by atoms with Crippen molar-refractivity contribution in [2.45, 2.75) is 20.3 Å². The van der Waals surface area contributed by atoms with E-state index in [2.05, 4.69) is 25.9 Å². The zero-order chi connectivity index (χ0) is 14.2. The predicted molar refractivity (Wildman–Crippen MR) is 72.0 cm³/mol. The average molecular weight is 329 g/mol. The second kappa shape index (κ2) is 5.21. The first kappa shape index (κ1) is 13.9. The maximum absolute atomic E-state index is 13.5. The average Bonchev–Trinajstić information content (AvgIpc) is 2.39. The third-order valence-corrected chi connectivity index (χ3v) is 3.65. The van der Waals surface area contributed by atoms with Crippen molar-refractivity contribution in [1.29, 1.82) is 0 Å². The maximum atomic E-state index is 13.5. The fraction of sp³-hybridized carbons (Fsp3) is 0.231. The van der Waals surface area contributed by atoms with Crippen molar-refractivity contribution in [3.8, 4) is 11.4 Å². The summed E-state index contributed by atoms with van der Waals surface area (Å²) in [5.41, 5.74) is 1.20. The summed E-state index contributed by atoms with van der Waals surface area (Å²) in [6.45, 7) is 3.55. The Balaban J connectivity index is 2.70. The molecule has 0 radical (unpaired) electrons. The summed E-state index contributed by atoms with van der Waals surface area (Å²) in [7, 11) is 0. The van der Waals surface area contributed by atoms with Gasteiger partial charge in [-0.25, -0.2) is 13.8 Å². The van der Waals surface area contributed by atoms with E-state index in [-0.39, 0.29) is 15.9 Å². The summed E-state index contributed by atoms with van der Waals surface area (Å²) in [5.74, 6) is -1.74. The minimum Gasteiger partial charge on any atom is -0.306 e. The van der Waals surface area contributed by atoms with E-state index in [1.165, 1.54) is 6.07 Å². The van der Waals surface area contributed by atoms with Gasteiger partial charge in [-0.05, 0) is 41.4 Å². The highest BCUT2D eigenvalue weighted by Gasteiger charge is 2.15. The molecule has 19 heavy (non-hydrogen) atoms. The van der Waals surface area contributed by atoms with Crippen LogP contribution in [0.3, 0.4) is 0 Å². The largest absolute Gasteiger partial charge is 0.306 e. The number of aryl methyl sites for hydroxylation is 1. The second-order valence-corrected chi connectivity index (χ2v) is 4.86. The molecule has 1 aromatic carbocycles. The molecule has 0 atom stereocenters. The third-order valence-electron chi connectivity index (χ3n) is 2.88. The molecule has 0 fully saturated rings. The van der Waals surface area contributed by atoms with Crippen LogP contribution in [0.2, 0.25) is 0 Å². The van der Waals surface area contributed by atoms with E-state index in [4.69, 9.17) is 0 Å². The summed E-state index contributed by atoms with van der Waals surface area (Å²) >= 11 is 2.98. The number of halogens is 3. The fourth-order valence-corrected chi connectivity index (χ4v) is 2.27. The number of rotatable bonds is 2. The first-order valence-corrected chi connectivity index (χ1v) is 6.48. The van der Waals surface area contributed by atoms with E-state index >= 15 is 0 Å². The molecule has 0 bridgehead atoms. The highest BCUT2D eigenvalue weighted by atomic mass is 79.9. The van der Waals surface area contributed by atoms with Gasteiger partial charge in [-0.3, -0.25) is 4.79 Å². The smallest absolute Gasteiger partial charge is 0.254 e. The van der Waals surface area contributed by atoms with Gasteiger partial charge in [0.15, 0.2) is 11.6 Å². The maximum Gasteiger partial charge on any atom is 0.254 e. The number of H-pyrrole nitrogens is 1. The lowest BCUT2D eigenvalue weighted by Gasteiger charge is -2.08. The minimum absolute atomic E-state index is 0.0541. The molecule has 2 aromatic rings. The lowest BCUT2D eigenvalue weighted by atomic mass is 10.1. The number of nitrogens with zero attached hydrogens (tertiary/aromatic N) is 1. The molecular weight excluding hydrogens is 318 g/mol. The number of aromatic nitrogens is 2. The lowest BCUT2D eigenvalue weighted by molar-refractivity contribution is 0.504. The highest BCUT2D eigenvalue weighted by Crippen LogP contribution is 2.29. The molecule has 1 aromatic heterocycles. The van der Waals surface area contributed by atoms with Gasteiger partial charge in [0.05, 0.1) is 10.2 Å². The molecule has 0 saturated heterocycles. The van der Waals surface area contributed by atoms with Crippen LogP contribution in [0.15, 0.2) is 21.4 Å². The van der Waals surface area contributed by atoms with Crippen LogP contribution in [0.5, 0.6) is 0 Å². The monoisotopic (exact) mass is 328 g/mol. The van der Waals surface area contributed by atoms with Gasteiger partial charge in [-0.1, -0.05) is 6.92 Å². The summed E-state index contributed by atoms with van der Waals surface area (Å²) in [6, 6.07) is 2.37. The molecule has 0 amide bonds. The van der Waals surface area contributed by atoms with Gasteiger partial charge in [0, 0.05) is 11.1 Å². The van der Waals surface area contributed by atoms with Crippen molar-refractivity contribution in [3.05, 3.63) is 49.9 Å². The van der Waals surface area contributed by atoms with Crippen molar-refractivity contribution < 1.29 is 8.78 Å². The Labute approximate surface area is 116 Å². The minimum atomic E-state index is -1.00. The molecule has 1 N–H and O–H groups in total. The quantitative estimate of drug-likeness (QED) is 0.859. The lowest BCUT2D eigenvalue weighted by Crippen LogP contribution is -2.16. The Morgan fingerprint density at radius 1 is 1.37 bits per heavy atom. The Morgan fingerprint density at radius 2 is 2.05 bits per heavy atom. The van der Waals surface area contributed by atoms with Crippen molar-refractivity contribution in [1.82, 2.24) is 9.97 Å². The zero-order valence-corrected chi connectivity index (χ0v) is 11.9. The predicted octanol–water partition coefficient (Wildman–Crippen LogP) is 3.35. The van der Waals surface area contributed by atoms with E-state index in [1.54, 1.807) is 6.92 Å². The van der Waals surface area contributed by atoms with E-state index in [1.807, 2.05) is 6.92 Å². The van der Waals surface area contributed by atoms with Gasteiger partial charge >= 0.3 is 0 Å². The molecular formula is C13H11BrF2N2O. The number of hydrogen-bond acceptors (Lipinski definition) is 2. The highest BCUT2D eigenvalue weighted by molar-refractivity contribution is 9.10. The number of hydrogen-bond donors (Lipinski definition) is 1. The van der Waals surface area contributed by atoms with Crippen LogP contribution in [0.25, 0.3) is 11.4 Å². The molecule has 0 unspecified atom stereocenters. The van der Waals surface area contributed by atoms with Gasteiger partial charge in [-0.2, -0.15) is 0 Å². The first-order valence-electron chi connectivity index (χ1n) is 5.69. The first-order chi connectivity index (χ1) is 8.95. The second-order valence-electron chi connectivity index (χ2n) is 4.06. The Bertz CT molecular complexity index is 698. The van der Waals surface area contributed by atoms with E-state index < -0.39 is 11.6 Å². The summed E-state index contributed by atoms with van der Waals surface area (Å²) in [6.07, 6.45) is 0.587.